The molecule has 0 aliphatic carbocycles. The first-order valence-electron chi connectivity index (χ1n) is 4.99. The summed E-state index contributed by atoms with van der Waals surface area (Å²) in [6, 6.07) is 8.40. The van der Waals surface area contributed by atoms with Crippen molar-refractivity contribution in [1.82, 2.24) is 9.78 Å². The topological polar surface area (TPSA) is 41.6 Å². The van der Waals surface area contributed by atoms with E-state index in [1.165, 1.54) is 23.9 Å². The first-order chi connectivity index (χ1) is 8.11. The Morgan fingerprint density at radius 1 is 1.47 bits per heavy atom. The molecule has 0 amide bonds. The van der Waals surface area contributed by atoms with Gasteiger partial charge in [-0.3, -0.25) is 4.68 Å². The molecule has 0 N–H and O–H groups in total. The standard InChI is InChI=1S/C12H10FN3S/c1-8-11(7-14)12(16(2)15-8)17-10-5-3-4-9(13)6-10/h3-6H,1-2H3. The average molecular weight is 247 g/mol. The molecule has 0 saturated heterocycles. The number of rotatable bonds is 2. The minimum Gasteiger partial charge on any atom is -0.260 e. The first-order valence-corrected chi connectivity index (χ1v) is 5.80. The van der Waals surface area contributed by atoms with E-state index in [-0.39, 0.29) is 5.82 Å². The monoisotopic (exact) mass is 247 g/mol. The van der Waals surface area contributed by atoms with Gasteiger partial charge in [0.05, 0.1) is 5.69 Å². The van der Waals surface area contributed by atoms with Crippen LogP contribution in [0, 0.1) is 24.1 Å². The summed E-state index contributed by atoms with van der Waals surface area (Å²) in [6.45, 7) is 1.79. The van der Waals surface area contributed by atoms with Gasteiger partial charge in [0.1, 0.15) is 22.5 Å². The molecule has 0 atom stereocenters. The van der Waals surface area contributed by atoms with Gasteiger partial charge in [0.15, 0.2) is 0 Å². The number of nitrogens with zero attached hydrogens (tertiary/aromatic N) is 3. The predicted molar refractivity (Wildman–Crippen MR) is 63.2 cm³/mol. The highest BCUT2D eigenvalue weighted by Gasteiger charge is 2.14. The molecule has 0 unspecified atom stereocenters. The molecule has 5 heteroatoms. The quantitative estimate of drug-likeness (QED) is 0.819. The number of aromatic nitrogens is 2. The number of halogens is 1. The first kappa shape index (κ1) is 11.7. The van der Waals surface area contributed by atoms with E-state index < -0.39 is 0 Å². The Morgan fingerprint density at radius 3 is 2.88 bits per heavy atom. The molecule has 0 spiro atoms. The van der Waals surface area contributed by atoms with E-state index in [9.17, 15) is 4.39 Å². The molecule has 1 aromatic heterocycles. The van der Waals surface area contributed by atoms with E-state index in [4.69, 9.17) is 5.26 Å². The fraction of sp³-hybridized carbons (Fsp3) is 0.167. The van der Waals surface area contributed by atoms with Gasteiger partial charge in [0, 0.05) is 11.9 Å². The van der Waals surface area contributed by atoms with Crippen molar-refractivity contribution in [2.45, 2.75) is 16.8 Å². The molecule has 2 rings (SSSR count). The molecule has 3 nitrogen and oxygen atoms in total. The van der Waals surface area contributed by atoms with Crippen molar-refractivity contribution in [3.63, 3.8) is 0 Å². The zero-order chi connectivity index (χ0) is 12.4. The van der Waals surface area contributed by atoms with Gasteiger partial charge in [-0.25, -0.2) is 4.39 Å². The van der Waals surface area contributed by atoms with E-state index in [0.717, 1.165) is 9.92 Å². The molecule has 0 saturated carbocycles. The molecular weight excluding hydrogens is 237 g/mol. The second-order valence-corrected chi connectivity index (χ2v) is 4.62. The summed E-state index contributed by atoms with van der Waals surface area (Å²) in [4.78, 5) is 0.754. The molecule has 0 radical (unpaired) electrons. The van der Waals surface area contributed by atoms with Crippen molar-refractivity contribution >= 4 is 11.8 Å². The molecule has 2 aromatic rings. The highest BCUT2D eigenvalue weighted by atomic mass is 32.2. The fourth-order valence-electron chi connectivity index (χ4n) is 1.52. The lowest BCUT2D eigenvalue weighted by Crippen LogP contribution is -1.92. The van der Waals surface area contributed by atoms with Crippen LogP contribution in [0.15, 0.2) is 34.2 Å². The maximum Gasteiger partial charge on any atom is 0.124 e. The Bertz CT molecular complexity index is 598. The van der Waals surface area contributed by atoms with Crippen molar-refractivity contribution in [3.05, 3.63) is 41.3 Å². The lowest BCUT2D eigenvalue weighted by molar-refractivity contribution is 0.624. The van der Waals surface area contributed by atoms with Crippen LogP contribution < -0.4 is 0 Å². The Labute approximate surface area is 103 Å². The largest absolute Gasteiger partial charge is 0.260 e. The lowest BCUT2D eigenvalue weighted by atomic mass is 10.3. The summed E-state index contributed by atoms with van der Waals surface area (Å²) >= 11 is 1.34. The Balaban J connectivity index is 2.40. The molecule has 0 aliphatic heterocycles. The van der Waals surface area contributed by atoms with Crippen LogP contribution in [0.5, 0.6) is 0 Å². The van der Waals surface area contributed by atoms with Crippen molar-refractivity contribution < 1.29 is 4.39 Å². The van der Waals surface area contributed by atoms with Crippen LogP contribution in [0.4, 0.5) is 4.39 Å². The molecule has 17 heavy (non-hydrogen) atoms. The third kappa shape index (κ3) is 2.32. The van der Waals surface area contributed by atoms with Crippen LogP contribution in [0.25, 0.3) is 0 Å². The maximum atomic E-state index is 13.1. The zero-order valence-electron chi connectivity index (χ0n) is 9.44. The van der Waals surface area contributed by atoms with Gasteiger partial charge in [-0.2, -0.15) is 10.4 Å². The number of nitriles is 1. The van der Waals surface area contributed by atoms with Gasteiger partial charge in [0.25, 0.3) is 0 Å². The predicted octanol–water partition coefficient (Wildman–Crippen LogP) is 2.89. The Morgan fingerprint density at radius 2 is 2.24 bits per heavy atom. The van der Waals surface area contributed by atoms with Gasteiger partial charge >= 0.3 is 0 Å². The average Bonchev–Trinajstić information content (AvgIpc) is 2.53. The number of benzene rings is 1. The summed E-state index contributed by atoms with van der Waals surface area (Å²) in [5.74, 6) is -0.285. The third-order valence-electron chi connectivity index (χ3n) is 2.29. The lowest BCUT2D eigenvalue weighted by Gasteiger charge is -2.02. The van der Waals surface area contributed by atoms with Crippen LogP contribution in [-0.4, -0.2) is 9.78 Å². The SMILES string of the molecule is Cc1nn(C)c(Sc2cccc(F)c2)c1C#N. The molecular formula is C12H10FN3S. The molecule has 0 bridgehead atoms. The fourth-order valence-corrected chi connectivity index (χ4v) is 2.53. The van der Waals surface area contributed by atoms with Gasteiger partial charge in [-0.15, -0.1) is 0 Å². The third-order valence-corrected chi connectivity index (χ3v) is 3.44. The van der Waals surface area contributed by atoms with Crippen LogP contribution >= 0.6 is 11.8 Å². The maximum absolute atomic E-state index is 13.1. The summed E-state index contributed by atoms with van der Waals surface area (Å²) < 4.78 is 14.7. The zero-order valence-corrected chi connectivity index (χ0v) is 10.3. The molecule has 86 valence electrons. The van der Waals surface area contributed by atoms with Crippen LogP contribution in [0.3, 0.4) is 0 Å². The normalized spacial score (nSPS) is 10.2. The van der Waals surface area contributed by atoms with E-state index in [1.807, 2.05) is 0 Å². The van der Waals surface area contributed by atoms with Gasteiger partial charge < -0.3 is 0 Å². The minimum absolute atomic E-state index is 0.285. The van der Waals surface area contributed by atoms with Crippen molar-refractivity contribution in [1.29, 1.82) is 5.26 Å². The smallest absolute Gasteiger partial charge is 0.124 e. The second kappa shape index (κ2) is 4.60. The van der Waals surface area contributed by atoms with Gasteiger partial charge in [0.2, 0.25) is 0 Å². The minimum atomic E-state index is -0.285. The second-order valence-electron chi connectivity index (χ2n) is 3.56. The van der Waals surface area contributed by atoms with Crippen LogP contribution in [0.2, 0.25) is 0 Å². The van der Waals surface area contributed by atoms with E-state index in [2.05, 4.69) is 11.2 Å². The van der Waals surface area contributed by atoms with E-state index in [0.29, 0.717) is 11.3 Å². The molecule has 1 heterocycles. The Kier molecular flexibility index (Phi) is 3.16. The van der Waals surface area contributed by atoms with Crippen molar-refractivity contribution in [3.8, 4) is 6.07 Å². The summed E-state index contributed by atoms with van der Waals surface area (Å²) in [5.41, 5.74) is 1.23. The summed E-state index contributed by atoms with van der Waals surface area (Å²) in [6.07, 6.45) is 0. The van der Waals surface area contributed by atoms with Gasteiger partial charge in [-0.1, -0.05) is 17.8 Å². The Hall–Kier alpha value is -1.80. The summed E-state index contributed by atoms with van der Waals surface area (Å²) in [5, 5.41) is 14.0. The van der Waals surface area contributed by atoms with Crippen LogP contribution in [-0.2, 0) is 7.05 Å². The molecule has 0 aliphatic rings. The van der Waals surface area contributed by atoms with Crippen molar-refractivity contribution in [2.75, 3.05) is 0 Å². The highest BCUT2D eigenvalue weighted by molar-refractivity contribution is 7.99. The number of hydrogen-bond acceptors (Lipinski definition) is 3. The summed E-state index contributed by atoms with van der Waals surface area (Å²) in [7, 11) is 1.77. The van der Waals surface area contributed by atoms with Crippen LogP contribution in [0.1, 0.15) is 11.3 Å². The molecule has 1 aromatic carbocycles. The van der Waals surface area contributed by atoms with E-state index in [1.54, 1.807) is 30.8 Å². The van der Waals surface area contributed by atoms with Crippen molar-refractivity contribution in [2.24, 2.45) is 7.05 Å². The number of hydrogen-bond donors (Lipinski definition) is 0. The van der Waals surface area contributed by atoms with E-state index >= 15 is 0 Å². The van der Waals surface area contributed by atoms with Gasteiger partial charge in [-0.05, 0) is 25.1 Å². The number of aryl methyl sites for hydroxylation is 2. The highest BCUT2D eigenvalue weighted by Crippen LogP contribution is 2.31. The molecule has 0 fully saturated rings.